The summed E-state index contributed by atoms with van der Waals surface area (Å²) in [6.45, 7) is 5.59. The maximum absolute atomic E-state index is 13.3. The highest BCUT2D eigenvalue weighted by molar-refractivity contribution is 7.94. The van der Waals surface area contributed by atoms with Crippen LogP contribution < -0.4 is 4.72 Å². The molecule has 2 aliphatic rings. The summed E-state index contributed by atoms with van der Waals surface area (Å²) < 4.78 is 34.4. The number of benzene rings is 1. The minimum absolute atomic E-state index is 0.0164. The van der Waals surface area contributed by atoms with Crippen LogP contribution in [0.3, 0.4) is 0 Å². The Kier molecular flexibility index (Phi) is 6.87. The Hall–Kier alpha value is -2.03. The third-order valence-corrected chi connectivity index (χ3v) is 6.61. The third-order valence-electron chi connectivity index (χ3n) is 5.15. The molecule has 1 fully saturated rings. The van der Waals surface area contributed by atoms with Gasteiger partial charge in [0, 0.05) is 37.4 Å². The molecule has 1 heterocycles. The number of hydrogen-bond donors (Lipinski definition) is 1. The summed E-state index contributed by atoms with van der Waals surface area (Å²) in [7, 11) is -4.19. The number of ether oxygens (including phenoxy) is 1. The number of carbonyl (C=O) groups is 2. The van der Waals surface area contributed by atoms with Crippen LogP contribution in [0.15, 0.2) is 34.9 Å². The Bertz CT molecular complexity index is 911. The summed E-state index contributed by atoms with van der Waals surface area (Å²) in [6.07, 6.45) is 2.89. The Morgan fingerprint density at radius 3 is 2.24 bits per heavy atom. The number of fused-ring (bicyclic) bond motifs is 1. The molecule has 1 aromatic rings. The zero-order chi connectivity index (χ0) is 21.0. The van der Waals surface area contributed by atoms with E-state index in [2.05, 4.69) is 4.72 Å². The maximum Gasteiger partial charge on any atom is 0.246 e. The zero-order valence-electron chi connectivity index (χ0n) is 16.9. The van der Waals surface area contributed by atoms with Crippen LogP contribution >= 0.6 is 0 Å². The maximum atomic E-state index is 13.3. The fraction of sp³-hybridized carbons (Fsp3) is 0.524. The molecule has 3 rings (SSSR count). The number of allylic oxidation sites excluding steroid dienone is 2. The van der Waals surface area contributed by atoms with Crippen molar-refractivity contribution in [3.8, 4) is 0 Å². The Balaban J connectivity index is 2.08. The summed E-state index contributed by atoms with van der Waals surface area (Å²) in [6, 6.07) is 6.40. The predicted octanol–water partition coefficient (Wildman–Crippen LogP) is 2.50. The van der Waals surface area contributed by atoms with Crippen LogP contribution in [-0.4, -0.2) is 57.2 Å². The van der Waals surface area contributed by atoms with E-state index in [0.717, 1.165) is 25.7 Å². The number of nitrogens with zero attached hydrogens (tertiary/aromatic N) is 1. The molecule has 158 valence electrons. The molecular formula is C21H28N2O5S. The summed E-state index contributed by atoms with van der Waals surface area (Å²) in [4.78, 5) is 27.8. The van der Waals surface area contributed by atoms with Crippen LogP contribution in [-0.2, 0) is 14.8 Å². The lowest BCUT2D eigenvalue weighted by Crippen LogP contribution is -2.41. The number of ketones is 2. The molecule has 0 bridgehead atoms. The molecule has 29 heavy (non-hydrogen) atoms. The Labute approximate surface area is 172 Å². The first-order valence-electron chi connectivity index (χ1n) is 10.2. The topological polar surface area (TPSA) is 92.8 Å². The number of carbonyl (C=O) groups excluding carboxylic acids is 2. The van der Waals surface area contributed by atoms with E-state index in [0.29, 0.717) is 19.7 Å². The molecule has 1 N–H and O–H groups in total. The SMILES string of the molecule is CCCN(CCC)C1=C(S(=O)(=O)NCC2CCCO2)C(=O)c2ccccc2C1=O. The summed E-state index contributed by atoms with van der Waals surface area (Å²) in [5.74, 6) is -1.05. The van der Waals surface area contributed by atoms with Crippen molar-refractivity contribution in [1.29, 1.82) is 0 Å². The van der Waals surface area contributed by atoms with Gasteiger partial charge in [0.25, 0.3) is 0 Å². The highest BCUT2D eigenvalue weighted by Crippen LogP contribution is 2.31. The Morgan fingerprint density at radius 1 is 1.07 bits per heavy atom. The van der Waals surface area contributed by atoms with Crippen LogP contribution in [0.1, 0.15) is 60.2 Å². The number of hydrogen-bond acceptors (Lipinski definition) is 6. The lowest BCUT2D eigenvalue weighted by molar-refractivity contribution is 0.0945. The average molecular weight is 421 g/mol. The van der Waals surface area contributed by atoms with Gasteiger partial charge < -0.3 is 9.64 Å². The van der Waals surface area contributed by atoms with Crippen molar-refractivity contribution < 1.29 is 22.7 Å². The minimum Gasteiger partial charge on any atom is -0.377 e. The van der Waals surface area contributed by atoms with Crippen molar-refractivity contribution in [2.45, 2.75) is 45.6 Å². The van der Waals surface area contributed by atoms with E-state index in [1.807, 2.05) is 13.8 Å². The molecule has 0 radical (unpaired) electrons. The van der Waals surface area contributed by atoms with Gasteiger partial charge in [-0.05, 0) is 25.7 Å². The second-order valence-corrected chi connectivity index (χ2v) is 9.06. The van der Waals surface area contributed by atoms with Gasteiger partial charge in [0.2, 0.25) is 21.6 Å². The van der Waals surface area contributed by atoms with Gasteiger partial charge in [-0.2, -0.15) is 0 Å². The molecule has 1 atom stereocenters. The van der Waals surface area contributed by atoms with Crippen molar-refractivity contribution in [2.24, 2.45) is 0 Å². The van der Waals surface area contributed by atoms with Crippen molar-refractivity contribution in [2.75, 3.05) is 26.2 Å². The largest absolute Gasteiger partial charge is 0.377 e. The first kappa shape index (κ1) is 21.7. The summed E-state index contributed by atoms with van der Waals surface area (Å²) in [5.41, 5.74) is 0.367. The molecule has 1 saturated heterocycles. The molecule has 0 spiro atoms. The second-order valence-electron chi connectivity index (χ2n) is 7.36. The van der Waals surface area contributed by atoms with Gasteiger partial charge in [-0.1, -0.05) is 38.1 Å². The zero-order valence-corrected chi connectivity index (χ0v) is 17.8. The fourth-order valence-corrected chi connectivity index (χ4v) is 5.21. The molecule has 0 aromatic heterocycles. The van der Waals surface area contributed by atoms with Crippen LogP contribution in [0.4, 0.5) is 0 Å². The van der Waals surface area contributed by atoms with Crippen molar-refractivity contribution in [1.82, 2.24) is 9.62 Å². The van der Waals surface area contributed by atoms with E-state index in [4.69, 9.17) is 4.74 Å². The van der Waals surface area contributed by atoms with Crippen LogP contribution in [0, 0.1) is 0 Å². The second kappa shape index (κ2) is 9.19. The van der Waals surface area contributed by atoms with Gasteiger partial charge in [0.15, 0.2) is 4.91 Å². The van der Waals surface area contributed by atoms with E-state index in [1.54, 1.807) is 23.1 Å². The van der Waals surface area contributed by atoms with Gasteiger partial charge >= 0.3 is 0 Å². The van der Waals surface area contributed by atoms with Gasteiger partial charge in [0.05, 0.1) is 6.10 Å². The predicted molar refractivity (Wildman–Crippen MR) is 110 cm³/mol. The monoisotopic (exact) mass is 420 g/mol. The summed E-state index contributed by atoms with van der Waals surface area (Å²) >= 11 is 0. The van der Waals surface area contributed by atoms with Gasteiger partial charge in [-0.25, -0.2) is 13.1 Å². The molecule has 1 unspecified atom stereocenters. The summed E-state index contributed by atoms with van der Waals surface area (Å²) in [5, 5.41) is 0. The molecule has 1 aliphatic carbocycles. The lowest BCUT2D eigenvalue weighted by atomic mass is 9.91. The van der Waals surface area contributed by atoms with Crippen LogP contribution in [0.2, 0.25) is 0 Å². The molecular weight excluding hydrogens is 392 g/mol. The van der Waals surface area contributed by atoms with Gasteiger partial charge in [0.1, 0.15) is 5.70 Å². The fourth-order valence-electron chi connectivity index (χ4n) is 3.83. The van der Waals surface area contributed by atoms with E-state index < -0.39 is 26.5 Å². The molecule has 7 nitrogen and oxygen atoms in total. The number of sulfonamides is 1. The molecule has 0 saturated carbocycles. The van der Waals surface area contributed by atoms with Crippen LogP contribution in [0.25, 0.3) is 0 Å². The standard InChI is InChI=1S/C21H28N2O5S/c1-3-11-23(12-4-2)18-19(24)16-9-5-6-10-17(16)20(25)21(18)29(26,27)22-14-15-8-7-13-28-15/h5-6,9-10,15,22H,3-4,7-8,11-14H2,1-2H3. The molecule has 1 aromatic carbocycles. The normalized spacial score (nSPS) is 19.6. The van der Waals surface area contributed by atoms with Crippen LogP contribution in [0.5, 0.6) is 0 Å². The third kappa shape index (κ3) is 4.44. The number of Topliss-reactive ketones (excluding diaryl/α,β-unsaturated/α-hetero) is 2. The highest BCUT2D eigenvalue weighted by Gasteiger charge is 2.41. The van der Waals surface area contributed by atoms with E-state index in [9.17, 15) is 18.0 Å². The Morgan fingerprint density at radius 2 is 1.69 bits per heavy atom. The molecule has 0 amide bonds. The number of nitrogens with one attached hydrogen (secondary N) is 1. The quantitative estimate of drug-likeness (QED) is 0.660. The first-order valence-corrected chi connectivity index (χ1v) is 11.7. The van der Waals surface area contributed by atoms with Crippen molar-refractivity contribution >= 4 is 21.6 Å². The van der Waals surface area contributed by atoms with E-state index >= 15 is 0 Å². The van der Waals surface area contributed by atoms with E-state index in [-0.39, 0.29) is 29.5 Å². The molecule has 8 heteroatoms. The number of rotatable bonds is 9. The van der Waals surface area contributed by atoms with E-state index in [1.165, 1.54) is 6.07 Å². The first-order chi connectivity index (χ1) is 13.9. The van der Waals surface area contributed by atoms with Crippen molar-refractivity contribution in [3.63, 3.8) is 0 Å². The lowest BCUT2D eigenvalue weighted by Gasteiger charge is -2.31. The highest BCUT2D eigenvalue weighted by atomic mass is 32.2. The van der Waals surface area contributed by atoms with Crippen molar-refractivity contribution in [3.05, 3.63) is 46.0 Å². The van der Waals surface area contributed by atoms with Gasteiger partial charge in [-0.15, -0.1) is 0 Å². The molecule has 1 aliphatic heterocycles. The van der Waals surface area contributed by atoms with Gasteiger partial charge in [-0.3, -0.25) is 9.59 Å². The minimum atomic E-state index is -4.19. The smallest absolute Gasteiger partial charge is 0.246 e. The average Bonchev–Trinajstić information content (AvgIpc) is 3.22.